The molecule has 0 bridgehead atoms. The van der Waals surface area contributed by atoms with E-state index in [0.29, 0.717) is 24.6 Å². The van der Waals surface area contributed by atoms with Crippen LogP contribution in [0.1, 0.15) is 0 Å². The monoisotopic (exact) mass is 364 g/mol. The van der Waals surface area contributed by atoms with E-state index >= 15 is 0 Å². The predicted molar refractivity (Wildman–Crippen MR) is 89.7 cm³/mol. The van der Waals surface area contributed by atoms with E-state index in [1.165, 1.54) is 0 Å². The van der Waals surface area contributed by atoms with Gasteiger partial charge in [-0.15, -0.1) is 0 Å². The van der Waals surface area contributed by atoms with Gasteiger partial charge in [0, 0.05) is 4.47 Å². The highest BCUT2D eigenvalue weighted by molar-refractivity contribution is 9.10. The number of carbonyl (C=O) groups excluding carboxylic acids is 1. The smallest absolute Gasteiger partial charge is 0.319 e. The standard InChI is InChI=1S/C16H17BrN2O3/c1-21-15-5-3-2-4-14(15)19-16(20)18-10-11-22-13-8-6-12(17)7-9-13/h2-9H,10-11H2,1H3,(H2,18,19,20). The number of anilines is 1. The molecule has 0 aromatic heterocycles. The highest BCUT2D eigenvalue weighted by Crippen LogP contribution is 2.22. The average Bonchev–Trinajstić information content (AvgIpc) is 2.54. The van der Waals surface area contributed by atoms with E-state index < -0.39 is 0 Å². The summed E-state index contributed by atoms with van der Waals surface area (Å²) in [4.78, 5) is 11.8. The molecule has 0 atom stereocenters. The van der Waals surface area contributed by atoms with E-state index in [1.54, 1.807) is 19.2 Å². The lowest BCUT2D eigenvalue weighted by Crippen LogP contribution is -2.32. The lowest BCUT2D eigenvalue weighted by atomic mass is 10.3. The van der Waals surface area contributed by atoms with Gasteiger partial charge in [-0.2, -0.15) is 0 Å². The third-order valence-corrected chi connectivity index (χ3v) is 3.35. The number of para-hydroxylation sites is 2. The first-order valence-electron chi connectivity index (χ1n) is 6.75. The zero-order valence-electron chi connectivity index (χ0n) is 12.1. The first-order valence-corrected chi connectivity index (χ1v) is 7.54. The van der Waals surface area contributed by atoms with Crippen molar-refractivity contribution in [2.75, 3.05) is 25.6 Å². The molecule has 2 aromatic rings. The number of carbonyl (C=O) groups is 1. The number of urea groups is 1. The molecule has 0 aliphatic rings. The number of nitrogens with one attached hydrogen (secondary N) is 2. The van der Waals surface area contributed by atoms with Crippen LogP contribution in [0.3, 0.4) is 0 Å². The molecule has 0 fully saturated rings. The number of methoxy groups -OCH3 is 1. The van der Waals surface area contributed by atoms with Crippen molar-refractivity contribution >= 4 is 27.6 Å². The number of ether oxygens (including phenoxy) is 2. The Labute approximate surface area is 137 Å². The van der Waals surface area contributed by atoms with Gasteiger partial charge in [0.05, 0.1) is 19.3 Å². The molecular weight excluding hydrogens is 348 g/mol. The Kier molecular flexibility index (Phi) is 6.09. The van der Waals surface area contributed by atoms with Crippen molar-refractivity contribution in [3.8, 4) is 11.5 Å². The number of hydrogen-bond donors (Lipinski definition) is 2. The highest BCUT2D eigenvalue weighted by atomic mass is 79.9. The van der Waals surface area contributed by atoms with Gasteiger partial charge in [-0.1, -0.05) is 28.1 Å². The summed E-state index contributed by atoms with van der Waals surface area (Å²) in [7, 11) is 1.56. The lowest BCUT2D eigenvalue weighted by Gasteiger charge is -2.11. The SMILES string of the molecule is COc1ccccc1NC(=O)NCCOc1ccc(Br)cc1. The van der Waals surface area contributed by atoms with Gasteiger partial charge in [0.15, 0.2) is 0 Å². The summed E-state index contributed by atoms with van der Waals surface area (Å²) in [6.07, 6.45) is 0. The molecule has 0 saturated heterocycles. The Morgan fingerprint density at radius 1 is 1.14 bits per heavy atom. The molecule has 116 valence electrons. The minimum absolute atomic E-state index is 0.302. The number of halogens is 1. The third-order valence-electron chi connectivity index (χ3n) is 2.83. The number of hydrogen-bond acceptors (Lipinski definition) is 3. The van der Waals surface area contributed by atoms with Gasteiger partial charge in [-0.05, 0) is 36.4 Å². The zero-order chi connectivity index (χ0) is 15.8. The minimum atomic E-state index is -0.302. The average molecular weight is 365 g/mol. The molecule has 2 rings (SSSR count). The largest absolute Gasteiger partial charge is 0.495 e. The fourth-order valence-electron chi connectivity index (χ4n) is 1.78. The molecule has 0 heterocycles. The summed E-state index contributed by atoms with van der Waals surface area (Å²) in [5.41, 5.74) is 0.622. The molecule has 0 radical (unpaired) electrons. The summed E-state index contributed by atoms with van der Waals surface area (Å²) in [5.74, 6) is 1.37. The van der Waals surface area contributed by atoms with Crippen LogP contribution in [0.5, 0.6) is 11.5 Å². The summed E-state index contributed by atoms with van der Waals surface area (Å²) in [5, 5.41) is 5.46. The second-order valence-electron chi connectivity index (χ2n) is 4.38. The Morgan fingerprint density at radius 2 is 1.86 bits per heavy atom. The summed E-state index contributed by atoms with van der Waals surface area (Å²) >= 11 is 3.36. The van der Waals surface area contributed by atoms with E-state index in [-0.39, 0.29) is 6.03 Å². The van der Waals surface area contributed by atoms with Gasteiger partial charge in [0.1, 0.15) is 18.1 Å². The van der Waals surface area contributed by atoms with E-state index in [2.05, 4.69) is 26.6 Å². The van der Waals surface area contributed by atoms with Crippen LogP contribution in [0.2, 0.25) is 0 Å². The van der Waals surface area contributed by atoms with Gasteiger partial charge < -0.3 is 20.1 Å². The van der Waals surface area contributed by atoms with Crippen LogP contribution in [-0.4, -0.2) is 26.3 Å². The van der Waals surface area contributed by atoms with E-state index in [4.69, 9.17) is 9.47 Å². The summed E-state index contributed by atoms with van der Waals surface area (Å²) < 4.78 is 11.7. The maximum atomic E-state index is 11.8. The molecule has 2 amide bonds. The molecular formula is C16H17BrN2O3. The Hall–Kier alpha value is -2.21. The van der Waals surface area contributed by atoms with Crippen LogP contribution in [0.4, 0.5) is 10.5 Å². The van der Waals surface area contributed by atoms with E-state index in [0.717, 1.165) is 10.2 Å². The molecule has 0 saturated carbocycles. The zero-order valence-corrected chi connectivity index (χ0v) is 13.7. The van der Waals surface area contributed by atoms with E-state index in [9.17, 15) is 4.79 Å². The minimum Gasteiger partial charge on any atom is -0.495 e. The second kappa shape index (κ2) is 8.29. The van der Waals surface area contributed by atoms with Crippen molar-refractivity contribution in [2.45, 2.75) is 0 Å². The van der Waals surface area contributed by atoms with Gasteiger partial charge in [0.25, 0.3) is 0 Å². The first-order chi connectivity index (χ1) is 10.7. The van der Waals surface area contributed by atoms with Crippen molar-refractivity contribution < 1.29 is 14.3 Å². The van der Waals surface area contributed by atoms with Gasteiger partial charge in [-0.3, -0.25) is 0 Å². The van der Waals surface area contributed by atoms with Gasteiger partial charge >= 0.3 is 6.03 Å². The van der Waals surface area contributed by atoms with Crippen molar-refractivity contribution in [3.05, 3.63) is 53.0 Å². The fraction of sp³-hybridized carbons (Fsp3) is 0.188. The summed E-state index contributed by atoms with van der Waals surface area (Å²) in [6.45, 7) is 0.790. The summed E-state index contributed by atoms with van der Waals surface area (Å²) in [6, 6.07) is 14.4. The van der Waals surface area contributed by atoms with Crippen LogP contribution < -0.4 is 20.1 Å². The normalized spacial score (nSPS) is 9.91. The van der Waals surface area contributed by atoms with Gasteiger partial charge in [0.2, 0.25) is 0 Å². The van der Waals surface area contributed by atoms with Crippen molar-refractivity contribution in [1.82, 2.24) is 5.32 Å². The Balaban J connectivity index is 1.72. The first kappa shape index (κ1) is 16.2. The van der Waals surface area contributed by atoms with E-state index in [1.807, 2.05) is 36.4 Å². The quantitative estimate of drug-likeness (QED) is 0.769. The maximum Gasteiger partial charge on any atom is 0.319 e. The predicted octanol–water partition coefficient (Wildman–Crippen LogP) is 3.66. The molecule has 2 aromatic carbocycles. The number of amides is 2. The van der Waals surface area contributed by atoms with Crippen LogP contribution >= 0.6 is 15.9 Å². The van der Waals surface area contributed by atoms with Gasteiger partial charge in [-0.25, -0.2) is 4.79 Å². The molecule has 0 aliphatic carbocycles. The Morgan fingerprint density at radius 3 is 2.59 bits per heavy atom. The molecule has 2 N–H and O–H groups in total. The van der Waals surface area contributed by atoms with Crippen molar-refractivity contribution in [3.63, 3.8) is 0 Å². The molecule has 22 heavy (non-hydrogen) atoms. The topological polar surface area (TPSA) is 59.6 Å². The molecule has 0 aliphatic heterocycles. The highest BCUT2D eigenvalue weighted by Gasteiger charge is 2.05. The maximum absolute atomic E-state index is 11.8. The Bertz CT molecular complexity index is 617. The van der Waals surface area contributed by atoms with Crippen molar-refractivity contribution in [2.24, 2.45) is 0 Å². The fourth-order valence-corrected chi connectivity index (χ4v) is 2.04. The molecule has 6 heteroatoms. The van der Waals surface area contributed by atoms with Crippen LogP contribution in [0.15, 0.2) is 53.0 Å². The molecule has 5 nitrogen and oxygen atoms in total. The third kappa shape index (κ3) is 4.96. The van der Waals surface area contributed by atoms with Crippen LogP contribution in [0, 0.1) is 0 Å². The molecule has 0 spiro atoms. The molecule has 0 unspecified atom stereocenters. The van der Waals surface area contributed by atoms with Crippen LogP contribution in [-0.2, 0) is 0 Å². The van der Waals surface area contributed by atoms with Crippen LogP contribution in [0.25, 0.3) is 0 Å². The van der Waals surface area contributed by atoms with Crippen molar-refractivity contribution in [1.29, 1.82) is 0 Å². The second-order valence-corrected chi connectivity index (χ2v) is 5.30. The lowest BCUT2D eigenvalue weighted by molar-refractivity contribution is 0.247. The number of rotatable bonds is 6. The number of benzene rings is 2.